The van der Waals surface area contributed by atoms with Gasteiger partial charge in [-0.05, 0) is 45.7 Å². The third-order valence-electron chi connectivity index (χ3n) is 7.85. The van der Waals surface area contributed by atoms with Crippen molar-refractivity contribution in [2.24, 2.45) is 5.92 Å². The van der Waals surface area contributed by atoms with E-state index in [-0.39, 0.29) is 7.92 Å². The summed E-state index contributed by atoms with van der Waals surface area (Å²) in [7, 11) is 8.49. The van der Waals surface area contributed by atoms with E-state index < -0.39 is 0 Å². The number of allylic oxidation sites excluding steroid dienone is 2. The molecule has 194 valence electrons. The van der Waals surface area contributed by atoms with E-state index in [0.29, 0.717) is 35.5 Å². The molecule has 0 aliphatic carbocycles. The first-order valence-electron chi connectivity index (χ1n) is 12.6. The van der Waals surface area contributed by atoms with Gasteiger partial charge in [0.1, 0.15) is 5.78 Å². The van der Waals surface area contributed by atoms with Gasteiger partial charge in [0.05, 0.1) is 0 Å². The second-order valence-electron chi connectivity index (χ2n) is 9.87. The first kappa shape index (κ1) is 29.2. The third kappa shape index (κ3) is 6.04. The Morgan fingerprint density at radius 2 is 1.69 bits per heavy atom. The van der Waals surface area contributed by atoms with E-state index in [4.69, 9.17) is 0 Å². The molecule has 2 heterocycles. The number of ketones is 1. The van der Waals surface area contributed by atoms with Crippen molar-refractivity contribution < 1.29 is 23.0 Å². The summed E-state index contributed by atoms with van der Waals surface area (Å²) in [5, 5.41) is 4.08. The summed E-state index contributed by atoms with van der Waals surface area (Å²) < 4.78 is 0. The van der Waals surface area contributed by atoms with E-state index in [2.05, 4.69) is 134 Å². The van der Waals surface area contributed by atoms with Gasteiger partial charge in [0.15, 0.2) is 0 Å². The monoisotopic (exact) mass is 611 g/mol. The summed E-state index contributed by atoms with van der Waals surface area (Å²) >= 11 is 2.22. The second kappa shape index (κ2) is 13.5. The fourth-order valence-electron chi connectivity index (χ4n) is 5.58. The van der Waals surface area contributed by atoms with Crippen LogP contribution in [0.4, 0.5) is 0 Å². The van der Waals surface area contributed by atoms with Crippen LogP contribution >= 0.6 is 17.5 Å². The molecule has 0 amide bonds. The van der Waals surface area contributed by atoms with Gasteiger partial charge in [-0.15, -0.1) is 22.4 Å². The summed E-state index contributed by atoms with van der Waals surface area (Å²) in [6.07, 6.45) is 1.79. The number of halogens is 1. The van der Waals surface area contributed by atoms with Crippen molar-refractivity contribution in [3.8, 4) is 0 Å². The van der Waals surface area contributed by atoms with E-state index >= 15 is 0 Å². The van der Waals surface area contributed by atoms with Crippen LogP contribution in [0.3, 0.4) is 0 Å². The van der Waals surface area contributed by atoms with Crippen LogP contribution in [0.1, 0.15) is 52.1 Å². The molecule has 0 aromatic heterocycles. The fraction of sp³-hybridized carbons (Fsp3) is 0.387. The minimum atomic E-state index is -0.203. The van der Waals surface area contributed by atoms with E-state index in [1.54, 1.807) is 5.57 Å². The molecule has 3 aromatic rings. The topological polar surface area (TPSA) is 20.3 Å². The van der Waals surface area contributed by atoms with Gasteiger partial charge in [0.25, 0.3) is 0 Å². The van der Waals surface area contributed by atoms with Crippen molar-refractivity contribution in [2.75, 3.05) is 14.1 Å². The third-order valence-corrected chi connectivity index (χ3v) is 11.4. The molecule has 36 heavy (non-hydrogen) atoms. The zero-order chi connectivity index (χ0) is 26.4. The number of hydrogen-bond donors (Lipinski definition) is 0. The predicted molar refractivity (Wildman–Crippen MR) is 153 cm³/mol. The van der Waals surface area contributed by atoms with Crippen LogP contribution in [0, 0.1) is 12.0 Å². The molecule has 2 bridgehead atoms. The molecule has 5 rings (SSSR count). The number of carbonyl (C=O) groups is 1. The fourth-order valence-corrected chi connectivity index (χ4v) is 9.54. The maximum absolute atomic E-state index is 12.2. The molecular weight excluding hydrogens is 575 g/mol. The summed E-state index contributed by atoms with van der Waals surface area (Å²) in [4.78, 5) is 14.4. The quantitative estimate of drug-likeness (QED) is 0.127. The number of carbonyl (C=O) groups excluding carboxylic acids is 1. The molecule has 0 spiro atoms. The molecule has 2 aliphatic heterocycles. The summed E-state index contributed by atoms with van der Waals surface area (Å²) in [5.74, 6) is 0.771. The Morgan fingerprint density at radius 3 is 2.33 bits per heavy atom. The van der Waals surface area contributed by atoms with Crippen LogP contribution in [0.25, 0.3) is 10.8 Å². The number of rotatable bonds is 5. The molecule has 0 radical (unpaired) electrons. The number of Topliss-reactive ketones (excluding diaryl/α,β-unsaturated/α-hetero) is 1. The van der Waals surface area contributed by atoms with Crippen LogP contribution in [0.5, 0.6) is 0 Å². The molecule has 0 unspecified atom stereocenters. The van der Waals surface area contributed by atoms with Crippen molar-refractivity contribution in [3.63, 3.8) is 0 Å². The number of hydrogen-bond acceptors (Lipinski definition) is 2. The van der Waals surface area contributed by atoms with Gasteiger partial charge in [-0.3, -0.25) is 4.79 Å². The average molecular weight is 612 g/mol. The molecule has 2 nitrogen and oxygen atoms in total. The molecule has 2 aliphatic rings. The molecule has 5 heteroatoms. The van der Waals surface area contributed by atoms with Crippen LogP contribution < -0.4 is 5.30 Å². The zero-order valence-corrected chi connectivity index (χ0v) is 25.3. The number of fused-ring (bicyclic) bond motifs is 3. The van der Waals surface area contributed by atoms with E-state index in [9.17, 15) is 4.79 Å². The molecule has 5 atom stereocenters. The second-order valence-corrected chi connectivity index (χ2v) is 12.4. The average Bonchev–Trinajstić information content (AvgIpc) is 3.43. The zero-order valence-electron chi connectivity index (χ0n) is 22.1. The SMILES string of the molecule is CCC(=O)[C@@H]1C[C@@H]2C(C)=C(C)[C@H]1[P@]2c1ccccc1.C[C@@H](c1c[c-]cc2ccccc12)N(C)C.[Cl][Pd+]. The summed E-state index contributed by atoms with van der Waals surface area (Å²) in [6, 6.07) is 27.1. The Kier molecular flexibility index (Phi) is 10.9. The Hall–Kier alpha value is -1.33. The molecule has 0 saturated carbocycles. The van der Waals surface area contributed by atoms with E-state index in [1.165, 1.54) is 27.2 Å². The van der Waals surface area contributed by atoms with Gasteiger partial charge in [0.2, 0.25) is 0 Å². The molecule has 0 N–H and O–H groups in total. The Morgan fingerprint density at radius 1 is 1.06 bits per heavy atom. The van der Waals surface area contributed by atoms with Gasteiger partial charge in [0, 0.05) is 23.7 Å². The molecular formula is C31H37ClNOPPd. The van der Waals surface area contributed by atoms with Crippen molar-refractivity contribution >= 4 is 39.3 Å². The van der Waals surface area contributed by atoms with Gasteiger partial charge in [-0.1, -0.05) is 81.4 Å². The van der Waals surface area contributed by atoms with Gasteiger partial charge < -0.3 is 4.90 Å². The van der Waals surface area contributed by atoms with E-state index in [1.807, 2.05) is 13.0 Å². The van der Waals surface area contributed by atoms with Crippen molar-refractivity contribution in [2.45, 2.75) is 57.9 Å². The van der Waals surface area contributed by atoms with Crippen LogP contribution in [0.15, 0.2) is 77.9 Å². The molecule has 3 aromatic carbocycles. The van der Waals surface area contributed by atoms with Crippen LogP contribution in [-0.2, 0) is 23.0 Å². The Labute approximate surface area is 233 Å². The first-order chi connectivity index (χ1) is 17.3. The molecule has 1 fully saturated rings. The standard InChI is InChI=1S/C17H21OP.C14H16N.ClH.Pd/c1-4-15(18)14-10-16-11(2)12(3)17(14)19(16)13-8-6-5-7-9-13;1-11(15(2)3)13-10-6-8-12-7-4-5-9-14(12)13;;/h5-9,14,16-17H,4,10H2,1-3H3;4-5,7-11H,1-3H3;1H;/q;-1;;+2/p-1/t14-,16+,17+,19+;11-;;/m00../s1. The van der Waals surface area contributed by atoms with Crippen molar-refractivity contribution in [3.05, 3.63) is 89.5 Å². The molecule has 1 saturated heterocycles. The van der Waals surface area contributed by atoms with Crippen molar-refractivity contribution in [1.82, 2.24) is 4.90 Å². The normalized spacial score (nSPS) is 23.2. The summed E-state index contributed by atoms with van der Waals surface area (Å²) in [5.41, 5.74) is 5.61. The maximum atomic E-state index is 12.2. The Bertz CT molecular complexity index is 1190. The predicted octanol–water partition coefficient (Wildman–Crippen LogP) is 7.83. The van der Waals surface area contributed by atoms with Crippen LogP contribution in [0.2, 0.25) is 0 Å². The van der Waals surface area contributed by atoms with E-state index in [0.717, 1.165) is 6.42 Å². The summed E-state index contributed by atoms with van der Waals surface area (Å²) in [6.45, 7) is 8.76. The first-order valence-corrected chi connectivity index (χ1v) is 16.0. The minimum absolute atomic E-state index is 0.203. The number of nitrogens with zero attached hydrogens (tertiary/aromatic N) is 1. The number of benzene rings is 3. The Balaban J connectivity index is 0.000000193. The van der Waals surface area contributed by atoms with Gasteiger partial charge in [-0.25, -0.2) is 0 Å². The van der Waals surface area contributed by atoms with Gasteiger partial charge in [-0.2, -0.15) is 18.2 Å². The van der Waals surface area contributed by atoms with Crippen LogP contribution in [-0.4, -0.2) is 36.1 Å². The van der Waals surface area contributed by atoms with Crippen molar-refractivity contribution in [1.29, 1.82) is 0 Å². The van der Waals surface area contributed by atoms with Gasteiger partial charge >= 0.3 is 27.7 Å².